The van der Waals surface area contributed by atoms with E-state index in [-0.39, 0.29) is 31.0 Å². The van der Waals surface area contributed by atoms with E-state index in [1.807, 2.05) is 72.8 Å². The number of amides is 2. The molecule has 182 valence electrons. The van der Waals surface area contributed by atoms with Crippen LogP contribution in [0.25, 0.3) is 0 Å². The highest BCUT2D eigenvalue weighted by Crippen LogP contribution is 2.39. The first-order valence-electron chi connectivity index (χ1n) is 12.3. The molecule has 6 nitrogen and oxygen atoms in total. The minimum atomic E-state index is -0.979. The van der Waals surface area contributed by atoms with Crippen molar-refractivity contribution >= 4 is 17.8 Å². The van der Waals surface area contributed by atoms with Crippen LogP contribution < -0.4 is 0 Å². The Morgan fingerprint density at radius 3 is 1.97 bits per heavy atom. The van der Waals surface area contributed by atoms with Gasteiger partial charge in [-0.1, -0.05) is 84.9 Å². The van der Waals surface area contributed by atoms with Gasteiger partial charge >= 0.3 is 5.97 Å². The van der Waals surface area contributed by atoms with E-state index in [0.717, 1.165) is 11.1 Å². The summed E-state index contributed by atoms with van der Waals surface area (Å²) in [7, 11) is 0. The summed E-state index contributed by atoms with van der Waals surface area (Å²) in [6, 6.07) is 27.0. The molecule has 3 aromatic carbocycles. The smallest absolute Gasteiger partial charge is 0.335 e. The molecule has 2 aliphatic rings. The zero-order chi connectivity index (χ0) is 25.1. The minimum Gasteiger partial charge on any atom is -0.464 e. The molecule has 36 heavy (non-hydrogen) atoms. The van der Waals surface area contributed by atoms with E-state index in [1.54, 1.807) is 41.0 Å². The number of ether oxygens (including phenoxy) is 1. The van der Waals surface area contributed by atoms with Gasteiger partial charge in [-0.25, -0.2) is 4.79 Å². The quantitative estimate of drug-likeness (QED) is 0.491. The van der Waals surface area contributed by atoms with E-state index in [2.05, 4.69) is 0 Å². The first-order valence-corrected chi connectivity index (χ1v) is 12.3. The first kappa shape index (κ1) is 23.5. The molecule has 1 saturated heterocycles. The molecule has 0 aromatic heterocycles. The Labute approximate surface area is 210 Å². The lowest BCUT2D eigenvalue weighted by atomic mass is 9.89. The van der Waals surface area contributed by atoms with Crippen molar-refractivity contribution in [2.75, 3.05) is 13.2 Å². The van der Waals surface area contributed by atoms with Gasteiger partial charge in [0.15, 0.2) is 6.04 Å². The summed E-state index contributed by atoms with van der Waals surface area (Å²) < 4.78 is 5.39. The van der Waals surface area contributed by atoms with Crippen LogP contribution in [0.4, 0.5) is 0 Å². The lowest BCUT2D eigenvalue weighted by Gasteiger charge is -2.44. The van der Waals surface area contributed by atoms with Crippen LogP contribution in [0.15, 0.2) is 103 Å². The van der Waals surface area contributed by atoms with E-state index in [1.165, 1.54) is 0 Å². The van der Waals surface area contributed by atoms with Crippen LogP contribution in [0.3, 0.4) is 0 Å². The van der Waals surface area contributed by atoms with Gasteiger partial charge < -0.3 is 14.5 Å². The van der Waals surface area contributed by atoms with Gasteiger partial charge in [-0.3, -0.25) is 9.59 Å². The van der Waals surface area contributed by atoms with Crippen molar-refractivity contribution in [2.45, 2.75) is 31.3 Å². The third kappa shape index (κ3) is 4.31. The van der Waals surface area contributed by atoms with Crippen molar-refractivity contribution in [1.82, 2.24) is 9.80 Å². The van der Waals surface area contributed by atoms with Gasteiger partial charge in [-0.2, -0.15) is 0 Å². The maximum absolute atomic E-state index is 14.3. The monoisotopic (exact) mass is 480 g/mol. The SMILES string of the molecule is CCOC(=O)[C@H]1C2=CC[C@@H](CN1C(=O)c1ccccc1)N2C(=O)C(c1ccccc1)c1ccccc1. The Balaban J connectivity index is 1.53. The molecule has 2 amide bonds. The summed E-state index contributed by atoms with van der Waals surface area (Å²) in [4.78, 5) is 44.2. The van der Waals surface area contributed by atoms with Crippen molar-refractivity contribution in [1.29, 1.82) is 0 Å². The molecule has 0 N–H and O–H groups in total. The summed E-state index contributed by atoms with van der Waals surface area (Å²) >= 11 is 0. The van der Waals surface area contributed by atoms with Crippen molar-refractivity contribution in [2.24, 2.45) is 0 Å². The minimum absolute atomic E-state index is 0.109. The van der Waals surface area contributed by atoms with Gasteiger partial charge in [0, 0.05) is 12.1 Å². The number of hydrogen-bond acceptors (Lipinski definition) is 4. The van der Waals surface area contributed by atoms with Crippen LogP contribution in [0.1, 0.15) is 40.7 Å². The molecule has 5 rings (SSSR count). The van der Waals surface area contributed by atoms with E-state index < -0.39 is 17.9 Å². The fourth-order valence-corrected chi connectivity index (χ4v) is 5.19. The lowest BCUT2D eigenvalue weighted by molar-refractivity contribution is -0.150. The van der Waals surface area contributed by atoms with Crippen LogP contribution in [0.5, 0.6) is 0 Å². The number of benzene rings is 3. The number of rotatable bonds is 6. The molecule has 2 bridgehead atoms. The summed E-state index contributed by atoms with van der Waals surface area (Å²) in [6.45, 7) is 2.17. The second-order valence-corrected chi connectivity index (χ2v) is 8.96. The molecule has 1 fully saturated rings. The summed E-state index contributed by atoms with van der Waals surface area (Å²) in [5, 5.41) is 0. The number of carbonyl (C=O) groups excluding carboxylic acids is 3. The molecule has 3 aromatic rings. The molecule has 2 atom stereocenters. The van der Waals surface area contributed by atoms with Crippen LogP contribution in [-0.2, 0) is 14.3 Å². The summed E-state index contributed by atoms with van der Waals surface area (Å²) in [5.74, 6) is -1.42. The van der Waals surface area contributed by atoms with E-state index in [4.69, 9.17) is 4.74 Å². The molecule has 0 spiro atoms. The Hall–Kier alpha value is -4.19. The third-order valence-corrected chi connectivity index (χ3v) is 6.78. The molecule has 2 heterocycles. The number of fused-ring (bicyclic) bond motifs is 2. The summed E-state index contributed by atoms with van der Waals surface area (Å²) in [5.41, 5.74) is 2.78. The molecular formula is C30H28N2O4. The second kappa shape index (κ2) is 10.2. The average Bonchev–Trinajstić information content (AvgIpc) is 3.23. The topological polar surface area (TPSA) is 66.9 Å². The van der Waals surface area contributed by atoms with Crippen LogP contribution >= 0.6 is 0 Å². The second-order valence-electron chi connectivity index (χ2n) is 8.96. The number of esters is 1. The van der Waals surface area contributed by atoms with Gasteiger partial charge in [-0.05, 0) is 36.6 Å². The number of nitrogens with zero attached hydrogens (tertiary/aromatic N) is 2. The largest absolute Gasteiger partial charge is 0.464 e. The van der Waals surface area contributed by atoms with Gasteiger partial charge in [0.1, 0.15) is 0 Å². The Kier molecular flexibility index (Phi) is 6.67. The highest BCUT2D eigenvalue weighted by molar-refractivity contribution is 5.99. The maximum Gasteiger partial charge on any atom is 0.335 e. The van der Waals surface area contributed by atoms with Gasteiger partial charge in [-0.15, -0.1) is 0 Å². The Bertz CT molecular complexity index is 1230. The van der Waals surface area contributed by atoms with Gasteiger partial charge in [0.2, 0.25) is 5.91 Å². The highest BCUT2D eigenvalue weighted by atomic mass is 16.5. The normalized spacial score (nSPS) is 18.7. The number of carbonyl (C=O) groups is 3. The summed E-state index contributed by atoms with van der Waals surface area (Å²) in [6.07, 6.45) is 2.49. The van der Waals surface area contributed by atoms with Crippen molar-refractivity contribution in [3.05, 3.63) is 119 Å². The lowest BCUT2D eigenvalue weighted by Crippen LogP contribution is -2.60. The molecule has 0 aliphatic carbocycles. The standard InChI is InChI=1S/C30H28N2O4/c1-2-36-30(35)27-25-19-18-24(20-31(27)28(33)23-16-10-5-11-17-23)32(25)29(34)26(21-12-6-3-7-13-21)22-14-8-4-9-15-22/h3-17,19,24,26-27H,2,18,20H2,1H3/t24-,27+/m0/s1. The van der Waals surface area contributed by atoms with Crippen LogP contribution in [-0.4, -0.2) is 52.8 Å². The van der Waals surface area contributed by atoms with Crippen LogP contribution in [0, 0.1) is 0 Å². The van der Waals surface area contributed by atoms with E-state index in [0.29, 0.717) is 17.7 Å². The van der Waals surface area contributed by atoms with Crippen molar-refractivity contribution in [3.8, 4) is 0 Å². The maximum atomic E-state index is 14.3. The van der Waals surface area contributed by atoms with Crippen molar-refractivity contribution < 1.29 is 19.1 Å². The Morgan fingerprint density at radius 2 is 1.42 bits per heavy atom. The Morgan fingerprint density at radius 1 is 0.861 bits per heavy atom. The van der Waals surface area contributed by atoms with E-state index in [9.17, 15) is 14.4 Å². The van der Waals surface area contributed by atoms with Gasteiger partial charge in [0.05, 0.1) is 24.3 Å². The predicted molar refractivity (Wildman–Crippen MR) is 136 cm³/mol. The predicted octanol–water partition coefficient (Wildman–Crippen LogP) is 4.39. The van der Waals surface area contributed by atoms with Crippen molar-refractivity contribution in [3.63, 3.8) is 0 Å². The zero-order valence-corrected chi connectivity index (χ0v) is 20.1. The number of piperazine rings is 1. The molecule has 6 heteroatoms. The fourth-order valence-electron chi connectivity index (χ4n) is 5.19. The molecular weight excluding hydrogens is 452 g/mol. The molecule has 0 radical (unpaired) electrons. The van der Waals surface area contributed by atoms with Gasteiger partial charge in [0.25, 0.3) is 5.91 Å². The first-order chi connectivity index (χ1) is 17.6. The fraction of sp³-hybridized carbons (Fsp3) is 0.233. The zero-order valence-electron chi connectivity index (χ0n) is 20.1. The average molecular weight is 481 g/mol. The third-order valence-electron chi connectivity index (χ3n) is 6.78. The molecule has 2 aliphatic heterocycles. The molecule has 0 unspecified atom stereocenters. The number of hydrogen-bond donors (Lipinski definition) is 0. The highest BCUT2D eigenvalue weighted by Gasteiger charge is 2.50. The van der Waals surface area contributed by atoms with Crippen LogP contribution in [0.2, 0.25) is 0 Å². The molecule has 0 saturated carbocycles. The van der Waals surface area contributed by atoms with E-state index >= 15 is 0 Å².